The molecule has 0 radical (unpaired) electrons. The minimum atomic E-state index is -0.679. The summed E-state index contributed by atoms with van der Waals surface area (Å²) in [6, 6.07) is 31.5. The van der Waals surface area contributed by atoms with Crippen LogP contribution < -0.4 is 0 Å². The molecular weight excluding hydrogens is 515 g/mol. The summed E-state index contributed by atoms with van der Waals surface area (Å²) in [5.41, 5.74) is 0. The van der Waals surface area contributed by atoms with Gasteiger partial charge in [-0.1, -0.05) is 75.4 Å². The Bertz CT molecular complexity index is 838. The Balaban J connectivity index is 1.58. The molecule has 0 aromatic heterocycles. The molecule has 3 aromatic rings. The summed E-state index contributed by atoms with van der Waals surface area (Å²) in [5.74, 6) is 0. The molecule has 0 aliphatic heterocycles. The Hall–Kier alpha value is -1.35. The minimum absolute atomic E-state index is 0.332. The summed E-state index contributed by atoms with van der Waals surface area (Å²) >= 11 is 5.54. The maximum Gasteiger partial charge on any atom is 0.639 e. The van der Waals surface area contributed by atoms with E-state index in [1.165, 1.54) is 14.7 Å². The Morgan fingerprint density at radius 3 is 1.00 bits per heavy atom. The van der Waals surface area contributed by atoms with E-state index < -0.39 is 7.32 Å². The molecule has 0 aliphatic carbocycles. The average Bonchev–Trinajstić information content (AvgIpc) is 2.96. The number of hydrogen-bond donors (Lipinski definition) is 0. The Kier molecular flexibility index (Phi) is 14.7. The molecule has 0 saturated carbocycles. The summed E-state index contributed by atoms with van der Waals surface area (Å²) in [6.07, 6.45) is 3.03. The van der Waals surface area contributed by atoms with Crippen LogP contribution in [-0.4, -0.2) is 42.9 Å². The van der Waals surface area contributed by atoms with Crippen molar-refractivity contribution in [1.29, 1.82) is 0 Å². The van der Waals surface area contributed by atoms with Gasteiger partial charge in [0.1, 0.15) is 0 Å². The van der Waals surface area contributed by atoms with E-state index in [-0.39, 0.29) is 0 Å². The van der Waals surface area contributed by atoms with E-state index in [4.69, 9.17) is 14.0 Å². The fraction of sp³-hybridized carbons (Fsp3) is 0.400. The third-order valence-electron chi connectivity index (χ3n) is 5.76. The van der Waals surface area contributed by atoms with E-state index in [9.17, 15) is 0 Å². The quantitative estimate of drug-likeness (QED) is 0.115. The van der Waals surface area contributed by atoms with E-state index in [0.717, 1.165) is 19.3 Å². The minimum Gasteiger partial charge on any atom is -0.385 e. The molecule has 3 rings (SSSR count). The van der Waals surface area contributed by atoms with Crippen LogP contribution in [0.1, 0.15) is 40.0 Å². The summed E-state index contributed by atoms with van der Waals surface area (Å²) in [5, 5.41) is 0.996. The van der Waals surface area contributed by atoms with E-state index in [1.807, 2.05) is 35.3 Å². The van der Waals surface area contributed by atoms with Crippen LogP contribution in [-0.2, 0) is 14.0 Å². The van der Waals surface area contributed by atoms with Crippen LogP contribution in [0.2, 0.25) is 0 Å². The zero-order valence-corrected chi connectivity index (χ0v) is 24.6. The van der Waals surface area contributed by atoms with Crippen LogP contribution in [0.5, 0.6) is 0 Å². The van der Waals surface area contributed by atoms with E-state index in [0.29, 0.717) is 35.6 Å². The van der Waals surface area contributed by atoms with Crippen molar-refractivity contribution in [3.63, 3.8) is 0 Å². The molecule has 3 unspecified atom stereocenters. The van der Waals surface area contributed by atoms with Gasteiger partial charge in [-0.3, -0.25) is 0 Å². The third-order valence-corrected chi connectivity index (χ3v) is 9.80. The van der Waals surface area contributed by atoms with Gasteiger partial charge in [0.2, 0.25) is 0 Å². The summed E-state index contributed by atoms with van der Waals surface area (Å²) in [6.45, 7) is 8.33. The smallest absolute Gasteiger partial charge is 0.385 e. The van der Waals surface area contributed by atoms with Crippen molar-refractivity contribution in [3.05, 3.63) is 91.0 Å². The zero-order valence-electron chi connectivity index (χ0n) is 22.2. The molecule has 0 heterocycles. The average molecular weight is 555 g/mol. The largest absolute Gasteiger partial charge is 0.639 e. The Morgan fingerprint density at radius 2 is 0.757 bits per heavy atom. The van der Waals surface area contributed by atoms with E-state index in [1.54, 1.807) is 0 Å². The molecule has 37 heavy (non-hydrogen) atoms. The summed E-state index contributed by atoms with van der Waals surface area (Å²) in [4.78, 5) is 3.77. The molecule has 3 aromatic carbocycles. The van der Waals surface area contributed by atoms with Crippen molar-refractivity contribution in [2.24, 2.45) is 0 Å². The van der Waals surface area contributed by atoms with Crippen molar-refractivity contribution >= 4 is 42.6 Å². The molecule has 198 valence electrons. The van der Waals surface area contributed by atoms with Crippen LogP contribution in [0, 0.1) is 0 Å². The van der Waals surface area contributed by atoms with Gasteiger partial charge in [-0.25, -0.2) is 0 Å². The number of thioether (sulfide) groups is 3. The van der Waals surface area contributed by atoms with Gasteiger partial charge in [0, 0.05) is 50.3 Å². The normalized spacial score (nSPS) is 13.7. The lowest BCUT2D eigenvalue weighted by Crippen LogP contribution is -2.34. The van der Waals surface area contributed by atoms with Crippen molar-refractivity contribution in [2.45, 2.75) is 70.5 Å². The van der Waals surface area contributed by atoms with Crippen LogP contribution in [0.4, 0.5) is 0 Å². The summed E-state index contributed by atoms with van der Waals surface area (Å²) < 4.78 is 18.8. The fourth-order valence-corrected chi connectivity index (χ4v) is 6.52. The highest BCUT2D eigenvalue weighted by Gasteiger charge is 2.27. The van der Waals surface area contributed by atoms with Gasteiger partial charge in [-0.2, -0.15) is 0 Å². The molecule has 0 fully saturated rings. The molecule has 0 bridgehead atoms. The molecule has 3 nitrogen and oxygen atoms in total. The second-order valence-corrected chi connectivity index (χ2v) is 12.8. The predicted octanol–water partition coefficient (Wildman–Crippen LogP) is 8.73. The first-order valence-electron chi connectivity index (χ1n) is 13.2. The van der Waals surface area contributed by atoms with Crippen molar-refractivity contribution < 1.29 is 14.0 Å². The van der Waals surface area contributed by atoms with Gasteiger partial charge in [0.15, 0.2) is 0 Å². The highest BCUT2D eigenvalue weighted by molar-refractivity contribution is 8.00. The standard InChI is InChI=1S/C30H39BO3S3/c1-4-25(35-28-16-10-7-11-17-28)22-32-31(33-23-26(5-2)36-29-18-12-8-13-19-29)34-24-27(6-3)37-30-20-14-9-15-21-30/h7-21,25-27H,4-6,22-24H2,1-3H3. The van der Waals surface area contributed by atoms with Crippen LogP contribution >= 0.6 is 35.3 Å². The SMILES string of the molecule is CCC(COB(OCC(CC)Sc1ccccc1)OCC(CC)Sc1ccccc1)Sc1ccccc1. The zero-order chi connectivity index (χ0) is 26.1. The number of hydrogen-bond acceptors (Lipinski definition) is 6. The molecule has 0 spiro atoms. The molecule has 0 saturated heterocycles. The van der Waals surface area contributed by atoms with E-state index in [2.05, 4.69) is 112 Å². The van der Waals surface area contributed by atoms with Crippen LogP contribution in [0.3, 0.4) is 0 Å². The Labute approximate surface area is 237 Å². The lowest BCUT2D eigenvalue weighted by molar-refractivity contribution is 0.0933. The second-order valence-electron chi connectivity index (χ2n) is 8.67. The lowest BCUT2D eigenvalue weighted by atomic mass is 10.2. The molecule has 0 amide bonds. The first-order chi connectivity index (χ1) is 18.2. The maximum atomic E-state index is 6.27. The van der Waals surface area contributed by atoms with Crippen LogP contribution in [0.15, 0.2) is 106 Å². The molecule has 7 heteroatoms. The highest BCUT2D eigenvalue weighted by Crippen LogP contribution is 2.28. The topological polar surface area (TPSA) is 27.7 Å². The van der Waals surface area contributed by atoms with Crippen LogP contribution in [0.25, 0.3) is 0 Å². The lowest BCUT2D eigenvalue weighted by Gasteiger charge is -2.23. The second kappa shape index (κ2) is 18.0. The first-order valence-corrected chi connectivity index (χ1v) is 15.8. The molecule has 0 N–H and O–H groups in total. The fourth-order valence-electron chi connectivity index (χ4n) is 3.48. The van der Waals surface area contributed by atoms with Crippen molar-refractivity contribution in [1.82, 2.24) is 0 Å². The first kappa shape index (κ1) is 30.2. The van der Waals surface area contributed by atoms with Gasteiger partial charge in [-0.15, -0.1) is 35.3 Å². The van der Waals surface area contributed by atoms with Crippen molar-refractivity contribution in [3.8, 4) is 0 Å². The number of benzene rings is 3. The molecule has 3 atom stereocenters. The van der Waals surface area contributed by atoms with Gasteiger partial charge in [0.05, 0.1) is 0 Å². The predicted molar refractivity (Wildman–Crippen MR) is 163 cm³/mol. The monoisotopic (exact) mass is 554 g/mol. The van der Waals surface area contributed by atoms with Crippen molar-refractivity contribution in [2.75, 3.05) is 19.8 Å². The molecule has 0 aliphatic rings. The van der Waals surface area contributed by atoms with Gasteiger partial charge >= 0.3 is 7.32 Å². The number of rotatable bonds is 18. The third kappa shape index (κ3) is 11.9. The van der Waals surface area contributed by atoms with E-state index >= 15 is 0 Å². The summed E-state index contributed by atoms with van der Waals surface area (Å²) in [7, 11) is -0.679. The van der Waals surface area contributed by atoms with Gasteiger partial charge < -0.3 is 14.0 Å². The van der Waals surface area contributed by atoms with Gasteiger partial charge in [0.25, 0.3) is 0 Å². The Morgan fingerprint density at radius 1 is 0.486 bits per heavy atom. The highest BCUT2D eigenvalue weighted by atomic mass is 32.2. The maximum absolute atomic E-state index is 6.27. The molecular formula is C30H39BO3S3. The van der Waals surface area contributed by atoms with Gasteiger partial charge in [-0.05, 0) is 55.7 Å².